The SMILES string of the molecule is CCCn1c(-c2ccc(C(F)(F)F)cc2)nc2c(c1=O)CC(c1cnn(Cc3cccc(C(F)(F)F)c3)c1)=N2. The maximum atomic E-state index is 13.4. The molecule has 0 N–H and O–H groups in total. The van der Waals surface area contributed by atoms with Crippen molar-refractivity contribution in [2.75, 3.05) is 0 Å². The Kier molecular flexibility index (Phi) is 6.65. The standard InChI is InChI=1S/C27H21F6N5O/c1-2-10-38-24(17-6-8-19(9-7-17)26(28,29)30)36-23-21(25(38)39)12-22(35-23)18-13-34-37(15-18)14-16-4-3-5-20(11-16)27(31,32)33/h3-9,11,13,15H,2,10,12,14H2,1H3. The van der Waals surface area contributed by atoms with Crippen LogP contribution in [-0.4, -0.2) is 25.0 Å². The van der Waals surface area contributed by atoms with Gasteiger partial charge in [-0.25, -0.2) is 9.98 Å². The number of rotatable bonds is 6. The Labute approximate surface area is 218 Å². The van der Waals surface area contributed by atoms with E-state index in [1.807, 2.05) is 6.92 Å². The van der Waals surface area contributed by atoms with Gasteiger partial charge in [-0.3, -0.25) is 14.0 Å². The van der Waals surface area contributed by atoms with Crippen molar-refractivity contribution in [2.45, 2.75) is 45.2 Å². The normalized spacial score (nSPS) is 13.5. The van der Waals surface area contributed by atoms with Gasteiger partial charge in [0.05, 0.1) is 35.1 Å². The fourth-order valence-corrected chi connectivity index (χ4v) is 4.42. The van der Waals surface area contributed by atoms with Crippen LogP contribution in [0.2, 0.25) is 0 Å². The minimum atomic E-state index is -4.49. The largest absolute Gasteiger partial charge is 0.416 e. The molecule has 2 aromatic carbocycles. The summed E-state index contributed by atoms with van der Waals surface area (Å²) in [7, 11) is 0. The Morgan fingerprint density at radius 3 is 2.31 bits per heavy atom. The van der Waals surface area contributed by atoms with Crippen LogP contribution in [0.4, 0.5) is 32.2 Å². The molecule has 0 fully saturated rings. The molecule has 1 aliphatic heterocycles. The van der Waals surface area contributed by atoms with Gasteiger partial charge in [-0.1, -0.05) is 31.2 Å². The third-order valence-electron chi connectivity index (χ3n) is 6.31. The Hall–Kier alpha value is -4.22. The molecule has 0 unspecified atom stereocenters. The van der Waals surface area contributed by atoms with E-state index >= 15 is 0 Å². The topological polar surface area (TPSA) is 65.1 Å². The molecular formula is C27H21F6N5O. The van der Waals surface area contributed by atoms with Crippen LogP contribution in [-0.2, 0) is 31.9 Å². The minimum absolute atomic E-state index is 0.101. The van der Waals surface area contributed by atoms with Crippen LogP contribution in [0, 0.1) is 0 Å². The van der Waals surface area contributed by atoms with Gasteiger partial charge in [0.25, 0.3) is 5.56 Å². The predicted octanol–water partition coefficient (Wildman–Crippen LogP) is 6.28. The van der Waals surface area contributed by atoms with Gasteiger partial charge in [0.1, 0.15) is 5.82 Å². The van der Waals surface area contributed by atoms with E-state index in [9.17, 15) is 31.1 Å². The van der Waals surface area contributed by atoms with Crippen LogP contribution < -0.4 is 5.56 Å². The average molecular weight is 545 g/mol. The fourth-order valence-electron chi connectivity index (χ4n) is 4.42. The number of nitrogens with zero attached hydrogens (tertiary/aromatic N) is 5. The molecule has 4 aromatic rings. The number of hydrogen-bond acceptors (Lipinski definition) is 4. The van der Waals surface area contributed by atoms with E-state index in [2.05, 4.69) is 15.1 Å². The quantitative estimate of drug-likeness (QED) is 0.268. The van der Waals surface area contributed by atoms with Crippen LogP contribution in [0.5, 0.6) is 0 Å². The highest BCUT2D eigenvalue weighted by Crippen LogP contribution is 2.33. The summed E-state index contributed by atoms with van der Waals surface area (Å²) >= 11 is 0. The molecule has 0 amide bonds. The zero-order chi connectivity index (χ0) is 27.9. The van der Waals surface area contributed by atoms with E-state index in [1.54, 1.807) is 12.3 Å². The lowest BCUT2D eigenvalue weighted by Gasteiger charge is -2.14. The zero-order valence-corrected chi connectivity index (χ0v) is 20.5. The van der Waals surface area contributed by atoms with Gasteiger partial charge in [0.2, 0.25) is 0 Å². The summed E-state index contributed by atoms with van der Waals surface area (Å²) in [5, 5.41) is 4.23. The Bertz CT molecular complexity index is 1610. The molecule has 1 aliphatic rings. The molecule has 0 aliphatic carbocycles. The molecule has 0 atom stereocenters. The smallest absolute Gasteiger partial charge is 0.292 e. The summed E-state index contributed by atoms with van der Waals surface area (Å²) in [4.78, 5) is 22.4. The molecule has 0 bridgehead atoms. The molecule has 5 rings (SSSR count). The van der Waals surface area contributed by atoms with E-state index in [0.717, 1.165) is 24.3 Å². The molecule has 3 heterocycles. The lowest BCUT2D eigenvalue weighted by Crippen LogP contribution is -2.26. The second-order valence-corrected chi connectivity index (χ2v) is 9.13. The van der Waals surface area contributed by atoms with Crippen molar-refractivity contribution < 1.29 is 26.3 Å². The average Bonchev–Trinajstić information content (AvgIpc) is 3.52. The number of fused-ring (bicyclic) bond motifs is 1. The number of hydrogen-bond donors (Lipinski definition) is 0. The van der Waals surface area contributed by atoms with Crippen LogP contribution in [0.25, 0.3) is 11.4 Å². The summed E-state index contributed by atoms with van der Waals surface area (Å²) in [6, 6.07) is 9.41. The lowest BCUT2D eigenvalue weighted by atomic mass is 10.1. The van der Waals surface area contributed by atoms with Crippen LogP contribution in [0.15, 0.2) is 70.7 Å². The van der Waals surface area contributed by atoms with Gasteiger partial charge >= 0.3 is 12.4 Å². The third-order valence-corrected chi connectivity index (χ3v) is 6.31. The molecular weight excluding hydrogens is 524 g/mol. The van der Waals surface area contributed by atoms with Gasteiger partial charge in [-0.15, -0.1) is 0 Å². The minimum Gasteiger partial charge on any atom is -0.292 e. The maximum Gasteiger partial charge on any atom is 0.416 e. The van der Waals surface area contributed by atoms with Gasteiger partial charge in [-0.2, -0.15) is 31.4 Å². The second-order valence-electron chi connectivity index (χ2n) is 9.13. The molecule has 2 aromatic heterocycles. The highest BCUT2D eigenvalue weighted by atomic mass is 19.4. The highest BCUT2D eigenvalue weighted by molar-refractivity contribution is 6.05. The van der Waals surface area contributed by atoms with Crippen molar-refractivity contribution >= 4 is 11.5 Å². The van der Waals surface area contributed by atoms with E-state index in [0.29, 0.717) is 40.9 Å². The van der Waals surface area contributed by atoms with Crippen molar-refractivity contribution in [1.29, 1.82) is 0 Å². The number of alkyl halides is 6. The van der Waals surface area contributed by atoms with Crippen molar-refractivity contribution in [3.63, 3.8) is 0 Å². The van der Waals surface area contributed by atoms with Gasteiger partial charge < -0.3 is 0 Å². The Morgan fingerprint density at radius 1 is 0.923 bits per heavy atom. The summed E-state index contributed by atoms with van der Waals surface area (Å²) < 4.78 is 81.1. The second kappa shape index (κ2) is 9.83. The van der Waals surface area contributed by atoms with Gasteiger partial charge in [0, 0.05) is 30.3 Å². The molecule has 12 heteroatoms. The van der Waals surface area contributed by atoms with E-state index in [-0.39, 0.29) is 30.2 Å². The molecule has 6 nitrogen and oxygen atoms in total. The third kappa shape index (κ3) is 5.36. The first-order chi connectivity index (χ1) is 18.4. The lowest BCUT2D eigenvalue weighted by molar-refractivity contribution is -0.138. The van der Waals surface area contributed by atoms with E-state index in [1.165, 1.54) is 33.6 Å². The summed E-state index contributed by atoms with van der Waals surface area (Å²) in [6.07, 6.45) is -5.02. The number of halogens is 6. The maximum absolute atomic E-state index is 13.4. The summed E-state index contributed by atoms with van der Waals surface area (Å²) in [6.45, 7) is 2.29. The van der Waals surface area contributed by atoms with E-state index < -0.39 is 23.5 Å². The monoisotopic (exact) mass is 545 g/mol. The van der Waals surface area contributed by atoms with Gasteiger partial charge in [-0.05, 0) is 36.2 Å². The van der Waals surface area contributed by atoms with Crippen LogP contribution in [0.3, 0.4) is 0 Å². The van der Waals surface area contributed by atoms with Gasteiger partial charge in [0.15, 0.2) is 5.82 Å². The molecule has 0 radical (unpaired) electrons. The number of benzene rings is 2. The first kappa shape index (κ1) is 26.4. The highest BCUT2D eigenvalue weighted by Gasteiger charge is 2.31. The fraction of sp³-hybridized carbons (Fsp3) is 0.259. The molecule has 0 spiro atoms. The first-order valence-corrected chi connectivity index (χ1v) is 12.0. The predicted molar refractivity (Wildman–Crippen MR) is 132 cm³/mol. The first-order valence-electron chi connectivity index (χ1n) is 12.0. The Balaban J connectivity index is 1.44. The number of aliphatic imine (C=N–C) groups is 1. The molecule has 0 saturated heterocycles. The molecule has 39 heavy (non-hydrogen) atoms. The molecule has 0 saturated carbocycles. The van der Waals surface area contributed by atoms with Crippen molar-refractivity contribution in [2.24, 2.45) is 4.99 Å². The zero-order valence-electron chi connectivity index (χ0n) is 20.5. The summed E-state index contributed by atoms with van der Waals surface area (Å²) in [5.74, 6) is 0.405. The molecule has 202 valence electrons. The Morgan fingerprint density at radius 2 is 1.64 bits per heavy atom. The number of aromatic nitrogens is 4. The van der Waals surface area contributed by atoms with Crippen LogP contribution in [0.1, 0.15) is 41.2 Å². The van der Waals surface area contributed by atoms with Crippen molar-refractivity contribution in [1.82, 2.24) is 19.3 Å². The van der Waals surface area contributed by atoms with Crippen LogP contribution >= 0.6 is 0 Å². The van der Waals surface area contributed by atoms with E-state index in [4.69, 9.17) is 0 Å². The van der Waals surface area contributed by atoms with Crippen molar-refractivity contribution in [3.05, 3.63) is 99.1 Å². The summed E-state index contributed by atoms with van der Waals surface area (Å²) in [5.41, 5.74) is 0.345. The van der Waals surface area contributed by atoms with Crippen molar-refractivity contribution in [3.8, 4) is 11.4 Å².